The second-order valence-corrected chi connectivity index (χ2v) is 13.0. The van der Waals surface area contributed by atoms with Crippen molar-refractivity contribution in [1.29, 1.82) is 0 Å². The van der Waals surface area contributed by atoms with Crippen molar-refractivity contribution in [2.24, 2.45) is 0 Å². The van der Waals surface area contributed by atoms with E-state index in [0.29, 0.717) is 42.6 Å². The average molecular weight is 666 g/mol. The number of likely N-dealkylation sites (N-methyl/N-ethyl adjacent to an activating group) is 1. The highest BCUT2D eigenvalue weighted by Gasteiger charge is 2.74. The molecule has 2 unspecified atom stereocenters. The molecule has 7 rings (SSSR count). The molecule has 2 fully saturated rings. The summed E-state index contributed by atoms with van der Waals surface area (Å²) in [5.41, 5.74) is -0.359. The minimum absolute atomic E-state index is 0.111. The number of nitro groups is 1. The number of piperidine rings is 1. The molecule has 1 amide bonds. The number of aliphatic hydroxyl groups is 1. The maximum atomic E-state index is 13.5. The predicted octanol–water partition coefficient (Wildman–Crippen LogP) is 5.14. The third-order valence-corrected chi connectivity index (χ3v) is 10.7. The molecule has 0 aromatic heterocycles. The van der Waals surface area contributed by atoms with Gasteiger partial charge in [0.1, 0.15) is 11.9 Å². The monoisotopic (exact) mass is 665 g/mol. The molecule has 1 saturated heterocycles. The number of rotatable bonds is 8. The molecule has 4 aliphatic rings. The molecule has 1 saturated carbocycles. The van der Waals surface area contributed by atoms with E-state index in [1.54, 1.807) is 7.05 Å². The molecular formula is C35H34F3N3O7. The summed E-state index contributed by atoms with van der Waals surface area (Å²) in [5, 5.41) is 36.1. The van der Waals surface area contributed by atoms with Gasteiger partial charge in [0.15, 0.2) is 11.5 Å². The lowest BCUT2D eigenvalue weighted by Gasteiger charge is -2.64. The van der Waals surface area contributed by atoms with Gasteiger partial charge in [-0.1, -0.05) is 42.5 Å². The van der Waals surface area contributed by atoms with Crippen LogP contribution in [0, 0.1) is 10.1 Å². The van der Waals surface area contributed by atoms with E-state index in [-0.39, 0.29) is 30.0 Å². The summed E-state index contributed by atoms with van der Waals surface area (Å²) >= 11 is 0. The van der Waals surface area contributed by atoms with Crippen molar-refractivity contribution < 1.29 is 42.6 Å². The first-order valence-corrected chi connectivity index (χ1v) is 15.8. The van der Waals surface area contributed by atoms with Gasteiger partial charge in [-0.2, -0.15) is 0 Å². The Balaban J connectivity index is 1.22. The number of nitrogens with zero attached hydrogens (tertiary/aromatic N) is 3. The third-order valence-electron chi connectivity index (χ3n) is 10.7. The molecule has 13 heteroatoms. The van der Waals surface area contributed by atoms with Crippen molar-refractivity contribution in [2.45, 2.75) is 67.7 Å². The molecule has 3 aromatic carbocycles. The standard InChI is InChI=1S/C35H34F3N3O7/c1-39(29(43)11-10-22-8-5-9-23(18-22)48-35(36,37)38)25-12-14-34(44)28-19-24-26(41(45)46)20-27(42)31-30(24)33(34,32(25)47-31)15-17-40(28)16-13-21-6-3-2-4-7-21/h2-11,18,20,25,28,32,42,44H,12-17,19H2,1H3/b11-10+/t25?,28-,32?,33+,34-/m1/s1. The first-order valence-electron chi connectivity index (χ1n) is 15.8. The number of phenolic OH excluding ortho intramolecular Hbond substituents is 1. The Hall–Kier alpha value is -4.62. The number of nitro benzene ring substituents is 1. The van der Waals surface area contributed by atoms with E-state index in [2.05, 4.69) is 9.64 Å². The minimum Gasteiger partial charge on any atom is -0.504 e. The zero-order valence-electron chi connectivity index (χ0n) is 26.0. The molecule has 2 N–H and O–H groups in total. The van der Waals surface area contributed by atoms with Crippen molar-refractivity contribution in [3.63, 3.8) is 0 Å². The number of ether oxygens (including phenoxy) is 2. The van der Waals surface area contributed by atoms with Crippen molar-refractivity contribution in [3.05, 3.63) is 99.1 Å². The van der Waals surface area contributed by atoms with Gasteiger partial charge in [-0.3, -0.25) is 19.8 Å². The molecule has 5 atom stereocenters. The van der Waals surface area contributed by atoms with Crippen LogP contribution in [0.2, 0.25) is 0 Å². The highest BCUT2D eigenvalue weighted by molar-refractivity contribution is 5.92. The van der Waals surface area contributed by atoms with Gasteiger partial charge in [0.05, 0.1) is 28.0 Å². The van der Waals surface area contributed by atoms with Crippen molar-refractivity contribution in [1.82, 2.24) is 9.80 Å². The number of benzene rings is 3. The summed E-state index contributed by atoms with van der Waals surface area (Å²) in [6.45, 7) is 1.21. The Morgan fingerprint density at radius 2 is 1.96 bits per heavy atom. The zero-order chi connectivity index (χ0) is 34.0. The fourth-order valence-corrected chi connectivity index (χ4v) is 8.68. The quantitative estimate of drug-likeness (QED) is 0.193. The van der Waals surface area contributed by atoms with E-state index in [9.17, 15) is 38.3 Å². The molecule has 1 spiro atoms. The number of phenols is 1. The molecule has 48 heavy (non-hydrogen) atoms. The Labute approximate surface area is 274 Å². The lowest BCUT2D eigenvalue weighted by Crippen LogP contribution is -2.78. The van der Waals surface area contributed by atoms with E-state index in [1.165, 1.54) is 35.3 Å². The van der Waals surface area contributed by atoms with Gasteiger partial charge >= 0.3 is 6.36 Å². The van der Waals surface area contributed by atoms with Crippen LogP contribution in [0.3, 0.4) is 0 Å². The third kappa shape index (κ3) is 5.07. The second kappa shape index (κ2) is 11.5. The molecule has 0 radical (unpaired) electrons. The second-order valence-electron chi connectivity index (χ2n) is 13.0. The Kier molecular flexibility index (Phi) is 7.67. The van der Waals surface area contributed by atoms with Gasteiger partial charge in [0, 0.05) is 36.8 Å². The topological polar surface area (TPSA) is 126 Å². The number of alkyl halides is 3. The Morgan fingerprint density at radius 3 is 2.69 bits per heavy atom. The summed E-state index contributed by atoms with van der Waals surface area (Å²) < 4.78 is 48.6. The first-order chi connectivity index (χ1) is 22.8. The SMILES string of the molecule is CN(C(=O)/C=C/c1cccc(OC(F)(F)F)c1)C1CC[C@@]2(O)[C@H]3Cc4c([N+](=O)[O-])cc(O)c5c4[C@@]2(CCN3CCc2ccccc2)C1O5. The van der Waals surface area contributed by atoms with Crippen LogP contribution in [0.15, 0.2) is 66.7 Å². The number of amides is 1. The maximum Gasteiger partial charge on any atom is 0.573 e. The summed E-state index contributed by atoms with van der Waals surface area (Å²) in [6.07, 6.45) is -1.08. The van der Waals surface area contributed by atoms with Crippen LogP contribution in [-0.2, 0) is 23.1 Å². The number of aromatic hydroxyl groups is 1. The molecular weight excluding hydrogens is 631 g/mol. The number of carbonyl (C=O) groups excluding carboxylic acids is 1. The highest BCUT2D eigenvalue weighted by Crippen LogP contribution is 2.67. The largest absolute Gasteiger partial charge is 0.573 e. The zero-order valence-corrected chi connectivity index (χ0v) is 26.0. The van der Waals surface area contributed by atoms with E-state index < -0.39 is 52.1 Å². The Morgan fingerprint density at radius 1 is 1.19 bits per heavy atom. The van der Waals surface area contributed by atoms with Crippen LogP contribution in [0.5, 0.6) is 17.2 Å². The average Bonchev–Trinajstić information content (AvgIpc) is 3.39. The van der Waals surface area contributed by atoms with Crippen LogP contribution >= 0.6 is 0 Å². The van der Waals surface area contributed by atoms with Gasteiger partial charge in [-0.15, -0.1) is 13.2 Å². The molecule has 2 heterocycles. The van der Waals surface area contributed by atoms with Crippen LogP contribution < -0.4 is 9.47 Å². The number of carbonyl (C=O) groups is 1. The first kappa shape index (κ1) is 32.0. The molecule has 2 aliphatic heterocycles. The lowest BCUT2D eigenvalue weighted by atomic mass is 9.48. The number of likely N-dealkylation sites (tertiary alicyclic amines) is 1. The van der Waals surface area contributed by atoms with Gasteiger partial charge in [0.2, 0.25) is 5.91 Å². The lowest BCUT2D eigenvalue weighted by molar-refractivity contribution is -0.386. The molecule has 10 nitrogen and oxygen atoms in total. The van der Waals surface area contributed by atoms with E-state index in [0.717, 1.165) is 24.1 Å². The normalized spacial score (nSPS) is 27.3. The van der Waals surface area contributed by atoms with Crippen molar-refractivity contribution in [2.75, 3.05) is 20.1 Å². The summed E-state index contributed by atoms with van der Waals surface area (Å²) in [4.78, 5) is 29.0. The molecule has 2 aliphatic carbocycles. The van der Waals surface area contributed by atoms with Gasteiger partial charge in [0.25, 0.3) is 5.69 Å². The molecule has 252 valence electrons. The summed E-state index contributed by atoms with van der Waals surface area (Å²) in [5.74, 6) is -1.14. The predicted molar refractivity (Wildman–Crippen MR) is 168 cm³/mol. The van der Waals surface area contributed by atoms with Gasteiger partial charge in [-0.05, 0) is 68.0 Å². The minimum atomic E-state index is -4.86. The fourth-order valence-electron chi connectivity index (χ4n) is 8.68. The summed E-state index contributed by atoms with van der Waals surface area (Å²) in [6, 6.07) is 15.3. The van der Waals surface area contributed by atoms with Gasteiger partial charge < -0.3 is 24.6 Å². The van der Waals surface area contributed by atoms with Crippen LogP contribution in [-0.4, -0.2) is 81.1 Å². The van der Waals surface area contributed by atoms with E-state index in [1.807, 2.05) is 30.3 Å². The van der Waals surface area contributed by atoms with E-state index in [4.69, 9.17) is 4.74 Å². The molecule has 2 bridgehead atoms. The van der Waals surface area contributed by atoms with Crippen LogP contribution in [0.4, 0.5) is 18.9 Å². The van der Waals surface area contributed by atoms with Crippen LogP contribution in [0.1, 0.15) is 41.5 Å². The fraction of sp³-hybridized carbons (Fsp3) is 0.400. The highest BCUT2D eigenvalue weighted by atomic mass is 19.4. The van der Waals surface area contributed by atoms with E-state index >= 15 is 0 Å². The molecule has 3 aromatic rings. The summed E-state index contributed by atoms with van der Waals surface area (Å²) in [7, 11) is 1.59. The number of hydrogen-bond donors (Lipinski definition) is 2. The maximum absolute atomic E-state index is 13.5. The number of halogens is 3. The number of hydrogen-bond acceptors (Lipinski definition) is 8. The van der Waals surface area contributed by atoms with Gasteiger partial charge in [-0.25, -0.2) is 0 Å². The smallest absolute Gasteiger partial charge is 0.504 e. The van der Waals surface area contributed by atoms with Crippen LogP contribution in [0.25, 0.3) is 6.08 Å². The van der Waals surface area contributed by atoms with Crippen molar-refractivity contribution >= 4 is 17.7 Å². The van der Waals surface area contributed by atoms with Crippen molar-refractivity contribution in [3.8, 4) is 17.2 Å². The Bertz CT molecular complexity index is 1800.